The molecule has 1 aromatic rings. The number of nitro groups is 1. The molecule has 1 aliphatic carbocycles. The number of nitrogens with one attached hydrogen (secondary N) is 1. The lowest BCUT2D eigenvalue weighted by atomic mass is 9.93. The van der Waals surface area contributed by atoms with Crippen molar-refractivity contribution < 1.29 is 4.92 Å². The van der Waals surface area contributed by atoms with Crippen molar-refractivity contribution in [2.45, 2.75) is 45.1 Å². The fourth-order valence-electron chi connectivity index (χ4n) is 3.04. The van der Waals surface area contributed by atoms with Crippen molar-refractivity contribution in [1.29, 1.82) is 0 Å². The lowest BCUT2D eigenvalue weighted by molar-refractivity contribution is -0.385. The molecule has 1 fully saturated rings. The Bertz CT molecular complexity index is 479. The first-order chi connectivity index (χ1) is 9.61. The van der Waals surface area contributed by atoms with E-state index >= 15 is 0 Å². The van der Waals surface area contributed by atoms with Gasteiger partial charge in [-0.3, -0.25) is 10.1 Å². The second kappa shape index (κ2) is 7.18. The molecule has 0 heterocycles. The van der Waals surface area contributed by atoms with Gasteiger partial charge in [-0.15, -0.1) is 0 Å². The number of hydrogen-bond donors (Lipinski definition) is 1. The van der Waals surface area contributed by atoms with Crippen molar-refractivity contribution in [3.05, 3.63) is 38.3 Å². The minimum Gasteiger partial charge on any atom is -0.314 e. The largest absolute Gasteiger partial charge is 0.314 e. The van der Waals surface area contributed by atoms with E-state index in [-0.39, 0.29) is 10.6 Å². The molecule has 0 saturated heterocycles. The molecule has 2 atom stereocenters. The molecule has 2 unspecified atom stereocenters. The van der Waals surface area contributed by atoms with E-state index < -0.39 is 0 Å². The number of rotatable bonds is 6. The van der Waals surface area contributed by atoms with Crippen LogP contribution in [-0.4, -0.2) is 17.5 Å². The maximum Gasteiger partial charge on any atom is 0.273 e. The second-order valence-electron chi connectivity index (χ2n) is 5.49. The highest BCUT2D eigenvalue weighted by atomic mass is 79.9. The van der Waals surface area contributed by atoms with Crippen LogP contribution in [-0.2, 0) is 6.42 Å². The molecule has 0 amide bonds. The standard InChI is InChI=1S/C15H21BrN2O2/c1-2-8-17-14-5-3-4-11(14)9-12-6-7-13(16)10-15(12)18(19)20/h6-7,10-11,14,17H,2-5,8-9H2,1H3. The molecule has 1 saturated carbocycles. The van der Waals surface area contributed by atoms with Crippen LogP contribution in [0.4, 0.5) is 5.69 Å². The first-order valence-corrected chi connectivity index (χ1v) is 8.07. The third-order valence-electron chi connectivity index (χ3n) is 4.04. The van der Waals surface area contributed by atoms with Gasteiger partial charge in [-0.05, 0) is 44.2 Å². The third kappa shape index (κ3) is 3.79. The summed E-state index contributed by atoms with van der Waals surface area (Å²) in [4.78, 5) is 10.9. The summed E-state index contributed by atoms with van der Waals surface area (Å²) >= 11 is 3.31. The van der Waals surface area contributed by atoms with E-state index in [0.717, 1.165) is 35.8 Å². The molecule has 1 aromatic carbocycles. The fraction of sp³-hybridized carbons (Fsp3) is 0.600. The van der Waals surface area contributed by atoms with Crippen molar-refractivity contribution >= 4 is 21.6 Å². The number of nitrogens with zero attached hydrogens (tertiary/aromatic N) is 1. The Morgan fingerprint density at radius 3 is 2.95 bits per heavy atom. The van der Waals surface area contributed by atoms with Gasteiger partial charge in [0.25, 0.3) is 5.69 Å². The van der Waals surface area contributed by atoms with E-state index in [0.29, 0.717) is 12.0 Å². The summed E-state index contributed by atoms with van der Waals surface area (Å²) in [5.74, 6) is 0.515. The van der Waals surface area contributed by atoms with Gasteiger partial charge in [-0.1, -0.05) is 35.3 Å². The quantitative estimate of drug-likeness (QED) is 0.627. The van der Waals surface area contributed by atoms with Gasteiger partial charge < -0.3 is 5.32 Å². The van der Waals surface area contributed by atoms with Crippen molar-refractivity contribution in [1.82, 2.24) is 5.32 Å². The summed E-state index contributed by atoms with van der Waals surface area (Å²) in [5, 5.41) is 14.8. The zero-order chi connectivity index (χ0) is 14.5. The van der Waals surface area contributed by atoms with Gasteiger partial charge in [0, 0.05) is 22.1 Å². The Balaban J connectivity index is 2.11. The smallest absolute Gasteiger partial charge is 0.273 e. The molecule has 1 aliphatic rings. The van der Waals surface area contributed by atoms with E-state index in [2.05, 4.69) is 28.2 Å². The molecule has 110 valence electrons. The maximum atomic E-state index is 11.2. The van der Waals surface area contributed by atoms with E-state index in [9.17, 15) is 10.1 Å². The van der Waals surface area contributed by atoms with Crippen molar-refractivity contribution in [2.24, 2.45) is 5.92 Å². The molecular formula is C15H21BrN2O2. The summed E-state index contributed by atoms with van der Waals surface area (Å²) in [6.45, 7) is 3.19. The minimum absolute atomic E-state index is 0.237. The van der Waals surface area contributed by atoms with Crippen LogP contribution in [0.5, 0.6) is 0 Å². The minimum atomic E-state index is -0.274. The fourth-order valence-corrected chi connectivity index (χ4v) is 3.39. The predicted octanol–water partition coefficient (Wildman–Crippen LogP) is 4.07. The number of halogens is 1. The predicted molar refractivity (Wildman–Crippen MR) is 83.9 cm³/mol. The Morgan fingerprint density at radius 1 is 1.45 bits per heavy atom. The molecule has 1 N–H and O–H groups in total. The number of hydrogen-bond acceptors (Lipinski definition) is 3. The van der Waals surface area contributed by atoms with Crippen molar-refractivity contribution in [3.63, 3.8) is 0 Å². The van der Waals surface area contributed by atoms with Crippen molar-refractivity contribution in [3.8, 4) is 0 Å². The zero-order valence-corrected chi connectivity index (χ0v) is 13.4. The zero-order valence-electron chi connectivity index (χ0n) is 11.8. The molecule has 0 spiro atoms. The topological polar surface area (TPSA) is 55.2 Å². The lowest BCUT2D eigenvalue weighted by Gasteiger charge is -2.21. The molecule has 0 aromatic heterocycles. The van der Waals surface area contributed by atoms with E-state index in [1.165, 1.54) is 12.8 Å². The monoisotopic (exact) mass is 340 g/mol. The average molecular weight is 341 g/mol. The highest BCUT2D eigenvalue weighted by molar-refractivity contribution is 9.10. The number of nitro benzene ring substituents is 1. The van der Waals surface area contributed by atoms with Crippen molar-refractivity contribution in [2.75, 3.05) is 6.54 Å². The summed E-state index contributed by atoms with van der Waals surface area (Å²) < 4.78 is 0.764. The third-order valence-corrected chi connectivity index (χ3v) is 4.54. The van der Waals surface area contributed by atoms with Gasteiger partial charge in [0.15, 0.2) is 0 Å². The summed E-state index contributed by atoms with van der Waals surface area (Å²) in [7, 11) is 0. The average Bonchev–Trinajstić information content (AvgIpc) is 2.85. The van der Waals surface area contributed by atoms with Crippen LogP contribution in [0.25, 0.3) is 0 Å². The molecule has 0 aliphatic heterocycles. The summed E-state index contributed by atoms with van der Waals surface area (Å²) in [6.07, 6.45) is 5.49. The highest BCUT2D eigenvalue weighted by Crippen LogP contribution is 2.32. The summed E-state index contributed by atoms with van der Waals surface area (Å²) in [6, 6.07) is 5.90. The number of benzene rings is 1. The molecule has 2 rings (SSSR count). The van der Waals surface area contributed by atoms with E-state index in [1.807, 2.05) is 12.1 Å². The summed E-state index contributed by atoms with van der Waals surface area (Å²) in [5.41, 5.74) is 1.09. The normalized spacial score (nSPS) is 22.1. The highest BCUT2D eigenvalue weighted by Gasteiger charge is 2.28. The lowest BCUT2D eigenvalue weighted by Crippen LogP contribution is -2.33. The maximum absolute atomic E-state index is 11.2. The van der Waals surface area contributed by atoms with Crippen LogP contribution in [0.15, 0.2) is 22.7 Å². The van der Waals surface area contributed by atoms with Crippen LogP contribution < -0.4 is 5.32 Å². The van der Waals surface area contributed by atoms with Gasteiger partial charge in [0.2, 0.25) is 0 Å². The molecule has 4 nitrogen and oxygen atoms in total. The van der Waals surface area contributed by atoms with Crippen LogP contribution in [0.1, 0.15) is 38.2 Å². The Kier molecular flexibility index (Phi) is 5.54. The van der Waals surface area contributed by atoms with Gasteiger partial charge >= 0.3 is 0 Å². The van der Waals surface area contributed by atoms with Gasteiger partial charge in [0.1, 0.15) is 0 Å². The van der Waals surface area contributed by atoms with Gasteiger partial charge in [-0.2, -0.15) is 0 Å². The Morgan fingerprint density at radius 2 is 2.25 bits per heavy atom. The first-order valence-electron chi connectivity index (χ1n) is 7.28. The first kappa shape index (κ1) is 15.4. The molecule has 5 heteroatoms. The Hall–Kier alpha value is -0.940. The second-order valence-corrected chi connectivity index (χ2v) is 6.40. The van der Waals surface area contributed by atoms with E-state index in [4.69, 9.17) is 0 Å². The van der Waals surface area contributed by atoms with E-state index in [1.54, 1.807) is 6.07 Å². The van der Waals surface area contributed by atoms with Crippen LogP contribution in [0.3, 0.4) is 0 Å². The molecule has 0 bridgehead atoms. The van der Waals surface area contributed by atoms with Gasteiger partial charge in [-0.25, -0.2) is 0 Å². The Labute approximate surface area is 128 Å². The van der Waals surface area contributed by atoms with Crippen LogP contribution in [0, 0.1) is 16.0 Å². The molecule has 20 heavy (non-hydrogen) atoms. The van der Waals surface area contributed by atoms with Gasteiger partial charge in [0.05, 0.1) is 4.92 Å². The molecule has 0 radical (unpaired) electrons. The molecular weight excluding hydrogens is 320 g/mol. The SMILES string of the molecule is CCCNC1CCCC1Cc1ccc(Br)cc1[N+](=O)[O-]. The van der Waals surface area contributed by atoms with Crippen LogP contribution in [0.2, 0.25) is 0 Å². The van der Waals surface area contributed by atoms with Crippen LogP contribution >= 0.6 is 15.9 Å².